The Morgan fingerprint density at radius 1 is 1.31 bits per heavy atom. The zero-order valence-electron chi connectivity index (χ0n) is 18.6. The highest BCUT2D eigenvalue weighted by Gasteiger charge is 2.26. The van der Waals surface area contributed by atoms with Crippen molar-refractivity contribution in [2.24, 2.45) is 16.8 Å². The number of piperidine rings is 1. The summed E-state index contributed by atoms with van der Waals surface area (Å²) in [5.74, 6) is 5.21. The normalized spacial score (nSPS) is 16.8. The van der Waals surface area contributed by atoms with Gasteiger partial charge >= 0.3 is 0 Å². The van der Waals surface area contributed by atoms with Gasteiger partial charge in [0.05, 0.1) is 17.3 Å². The summed E-state index contributed by atoms with van der Waals surface area (Å²) >= 11 is 1.52. The van der Waals surface area contributed by atoms with Crippen LogP contribution in [0.5, 0.6) is 0 Å². The summed E-state index contributed by atoms with van der Waals surface area (Å²) in [6.45, 7) is 3.93. The lowest BCUT2D eigenvalue weighted by molar-refractivity contribution is -0.126. The zero-order valence-corrected chi connectivity index (χ0v) is 19.4. The van der Waals surface area contributed by atoms with E-state index in [9.17, 15) is 9.59 Å². The van der Waals surface area contributed by atoms with Crippen molar-refractivity contribution < 1.29 is 9.59 Å². The number of aryl methyl sites for hydroxylation is 2. The largest absolute Gasteiger partial charge is 0.359 e. The van der Waals surface area contributed by atoms with E-state index in [-0.39, 0.29) is 17.7 Å². The van der Waals surface area contributed by atoms with Gasteiger partial charge in [-0.3, -0.25) is 14.5 Å². The van der Waals surface area contributed by atoms with E-state index in [1.54, 1.807) is 7.05 Å². The average Bonchev–Trinajstić information content (AvgIpc) is 3.16. The minimum absolute atomic E-state index is 0.0237. The molecule has 2 amide bonds. The topological polar surface area (TPSA) is 125 Å². The van der Waals surface area contributed by atoms with Gasteiger partial charge in [-0.1, -0.05) is 12.1 Å². The second kappa shape index (κ2) is 11.7. The molecule has 1 aromatic carbocycles. The van der Waals surface area contributed by atoms with Crippen LogP contribution >= 0.6 is 11.3 Å². The predicted molar refractivity (Wildman–Crippen MR) is 128 cm³/mol. The number of nitrogens with two attached hydrogens (primary N) is 1. The van der Waals surface area contributed by atoms with Crippen molar-refractivity contribution >= 4 is 40.3 Å². The Morgan fingerprint density at radius 3 is 2.78 bits per heavy atom. The number of thiazole rings is 1. The molecule has 0 radical (unpaired) electrons. The Bertz CT molecular complexity index is 942. The summed E-state index contributed by atoms with van der Waals surface area (Å²) < 4.78 is 0. The molecule has 0 aliphatic carbocycles. The van der Waals surface area contributed by atoms with Crippen molar-refractivity contribution in [3.63, 3.8) is 0 Å². The summed E-state index contributed by atoms with van der Waals surface area (Å²) in [5.41, 5.74) is 5.39. The number of aliphatic imine (C=N–C) groups is 1. The standard InChI is InChI=1S/C22H31N7O2S/c1-15(30)27-22-28-19(10-7-16-5-8-18(9-6-16)25-14-26-23)20(32-22)13-29-11-3-4-17(12-29)21(31)24-2/h5-6,8-9,14,17H,3-4,7,10-13,23H2,1-2H3,(H,24,31)(H,25,26)(H,27,28,30)/t17-/m1/s1. The van der Waals surface area contributed by atoms with Gasteiger partial charge in [0.25, 0.3) is 0 Å². The van der Waals surface area contributed by atoms with Gasteiger partial charge in [0, 0.05) is 31.9 Å². The van der Waals surface area contributed by atoms with Crippen molar-refractivity contribution in [3.05, 3.63) is 40.4 Å². The van der Waals surface area contributed by atoms with Gasteiger partial charge in [-0.05, 0) is 49.9 Å². The molecule has 1 fully saturated rings. The zero-order chi connectivity index (χ0) is 22.9. The van der Waals surface area contributed by atoms with E-state index in [0.717, 1.165) is 61.6 Å². The van der Waals surface area contributed by atoms with E-state index < -0.39 is 0 Å². The third-order valence-electron chi connectivity index (χ3n) is 5.43. The third-order valence-corrected chi connectivity index (χ3v) is 6.42. The number of hydrazine groups is 1. The number of aromatic nitrogens is 1. The number of rotatable bonds is 9. The number of anilines is 1. The minimum Gasteiger partial charge on any atom is -0.359 e. The SMILES string of the molecule is CNC(=O)[C@@H]1CCCN(Cc2sc(NC(C)=O)nc2CCc2ccc(N=CNN)cc2)C1. The number of hydrogen-bond donors (Lipinski definition) is 4. The number of carbonyl (C=O) groups excluding carboxylic acids is 2. The van der Waals surface area contributed by atoms with Crippen molar-refractivity contribution in [3.8, 4) is 0 Å². The molecule has 2 heterocycles. The first kappa shape index (κ1) is 23.8. The highest BCUT2D eigenvalue weighted by atomic mass is 32.1. The molecule has 1 atom stereocenters. The molecule has 3 rings (SSSR count). The Morgan fingerprint density at radius 2 is 2.09 bits per heavy atom. The lowest BCUT2D eigenvalue weighted by Crippen LogP contribution is -2.41. The Hall–Kier alpha value is -2.82. The van der Waals surface area contributed by atoms with Crippen LogP contribution in [0, 0.1) is 5.92 Å². The van der Waals surface area contributed by atoms with E-state index in [2.05, 4.69) is 26.0 Å². The summed E-state index contributed by atoms with van der Waals surface area (Å²) in [6.07, 6.45) is 4.96. The van der Waals surface area contributed by atoms with Crippen LogP contribution in [0.4, 0.5) is 10.8 Å². The fraction of sp³-hybridized carbons (Fsp3) is 0.455. The fourth-order valence-electron chi connectivity index (χ4n) is 3.85. The number of nitrogens with zero attached hydrogens (tertiary/aromatic N) is 3. The van der Waals surface area contributed by atoms with E-state index in [1.165, 1.54) is 30.2 Å². The molecule has 9 nitrogen and oxygen atoms in total. The summed E-state index contributed by atoms with van der Waals surface area (Å²) in [6, 6.07) is 7.98. The van der Waals surface area contributed by atoms with E-state index in [0.29, 0.717) is 5.13 Å². The number of hydrogen-bond acceptors (Lipinski definition) is 7. The molecule has 0 spiro atoms. The fourth-order valence-corrected chi connectivity index (χ4v) is 4.95. The quantitative estimate of drug-likeness (QED) is 0.197. The molecule has 1 saturated heterocycles. The lowest BCUT2D eigenvalue weighted by atomic mass is 9.97. The molecule has 0 unspecified atom stereocenters. The Balaban J connectivity index is 1.69. The molecule has 5 N–H and O–H groups in total. The molecule has 1 aliphatic rings. The van der Waals surface area contributed by atoms with Gasteiger partial charge in [0.2, 0.25) is 11.8 Å². The molecule has 1 aromatic heterocycles. The molecule has 0 saturated carbocycles. The lowest BCUT2D eigenvalue weighted by Gasteiger charge is -2.31. The smallest absolute Gasteiger partial charge is 0.224 e. The second-order valence-corrected chi connectivity index (χ2v) is 8.93. The van der Waals surface area contributed by atoms with E-state index in [4.69, 9.17) is 10.8 Å². The van der Waals surface area contributed by atoms with Crippen molar-refractivity contribution in [1.82, 2.24) is 20.6 Å². The first-order valence-corrected chi connectivity index (χ1v) is 11.6. The van der Waals surface area contributed by atoms with Gasteiger partial charge in [0.15, 0.2) is 5.13 Å². The van der Waals surface area contributed by atoms with Crippen LogP contribution < -0.4 is 21.9 Å². The van der Waals surface area contributed by atoms with Gasteiger partial charge in [-0.15, -0.1) is 11.3 Å². The monoisotopic (exact) mass is 457 g/mol. The minimum atomic E-state index is -0.127. The van der Waals surface area contributed by atoms with Crippen LogP contribution in [-0.2, 0) is 29.0 Å². The first-order valence-electron chi connectivity index (χ1n) is 10.8. The number of amides is 2. The molecule has 2 aromatic rings. The van der Waals surface area contributed by atoms with Crippen LogP contribution in [0.3, 0.4) is 0 Å². The molecule has 10 heteroatoms. The Kier molecular flexibility index (Phi) is 8.72. The van der Waals surface area contributed by atoms with Gasteiger partial charge < -0.3 is 16.1 Å². The molecule has 1 aliphatic heterocycles. The van der Waals surface area contributed by atoms with Crippen LogP contribution in [0.2, 0.25) is 0 Å². The van der Waals surface area contributed by atoms with Gasteiger partial charge in [-0.25, -0.2) is 15.8 Å². The maximum absolute atomic E-state index is 12.1. The number of benzene rings is 1. The highest BCUT2D eigenvalue weighted by Crippen LogP contribution is 2.28. The molecule has 0 bridgehead atoms. The summed E-state index contributed by atoms with van der Waals surface area (Å²) in [4.78, 5) is 35.9. The second-order valence-electron chi connectivity index (χ2n) is 7.85. The summed E-state index contributed by atoms with van der Waals surface area (Å²) in [7, 11) is 1.69. The van der Waals surface area contributed by atoms with Gasteiger partial charge in [0.1, 0.15) is 6.34 Å². The average molecular weight is 458 g/mol. The van der Waals surface area contributed by atoms with Crippen LogP contribution in [0.15, 0.2) is 29.3 Å². The maximum atomic E-state index is 12.1. The predicted octanol–water partition coefficient (Wildman–Crippen LogP) is 1.97. The molecular formula is C22H31N7O2S. The van der Waals surface area contributed by atoms with Crippen LogP contribution in [-0.4, -0.2) is 48.2 Å². The Labute approximate surface area is 192 Å². The van der Waals surface area contributed by atoms with Crippen molar-refractivity contribution in [2.45, 2.75) is 39.2 Å². The molecular weight excluding hydrogens is 426 g/mol. The highest BCUT2D eigenvalue weighted by molar-refractivity contribution is 7.15. The van der Waals surface area contributed by atoms with E-state index >= 15 is 0 Å². The first-order chi connectivity index (χ1) is 15.5. The third kappa shape index (κ3) is 6.84. The van der Waals surface area contributed by atoms with Crippen LogP contribution in [0.1, 0.15) is 35.9 Å². The summed E-state index contributed by atoms with van der Waals surface area (Å²) in [5, 5.41) is 6.21. The molecule has 32 heavy (non-hydrogen) atoms. The molecule has 172 valence electrons. The van der Waals surface area contributed by atoms with Crippen LogP contribution in [0.25, 0.3) is 0 Å². The van der Waals surface area contributed by atoms with E-state index in [1.807, 2.05) is 24.3 Å². The number of likely N-dealkylation sites (tertiary alicyclic amines) is 1. The van der Waals surface area contributed by atoms with Crippen molar-refractivity contribution in [1.29, 1.82) is 0 Å². The number of carbonyl (C=O) groups is 2. The maximum Gasteiger partial charge on any atom is 0.224 e. The number of nitrogens with one attached hydrogen (secondary N) is 3. The van der Waals surface area contributed by atoms with Crippen molar-refractivity contribution in [2.75, 3.05) is 25.5 Å². The van der Waals surface area contributed by atoms with Gasteiger partial charge in [-0.2, -0.15) is 0 Å².